The molecule has 0 saturated heterocycles. The normalized spacial score (nSPS) is 16.6. The van der Waals surface area contributed by atoms with Crippen LogP contribution in [0.5, 0.6) is 0 Å². The first-order chi connectivity index (χ1) is 5.74. The third-order valence-corrected chi connectivity index (χ3v) is 1.83. The van der Waals surface area contributed by atoms with Crippen molar-refractivity contribution in [1.29, 1.82) is 0 Å². The van der Waals surface area contributed by atoms with Crippen LogP contribution in [0.1, 0.15) is 27.6 Å². The van der Waals surface area contributed by atoms with E-state index in [0.717, 1.165) is 19.3 Å². The Morgan fingerprint density at radius 3 is 2.75 bits per heavy atom. The molecular weight excluding hydrogens is 152 g/mol. The van der Waals surface area contributed by atoms with Crippen LogP contribution in [0, 0.1) is 0 Å². The van der Waals surface area contributed by atoms with E-state index >= 15 is 0 Å². The summed E-state index contributed by atoms with van der Waals surface area (Å²) in [5, 5.41) is 0. The lowest BCUT2D eigenvalue weighted by atomic mass is 9.99. The summed E-state index contributed by atoms with van der Waals surface area (Å²) in [6, 6.07) is 0. The van der Waals surface area contributed by atoms with E-state index in [4.69, 9.17) is 0 Å². The van der Waals surface area contributed by atoms with Gasteiger partial charge in [0.25, 0.3) is 0 Å². The summed E-state index contributed by atoms with van der Waals surface area (Å²) in [4.78, 5) is 22.0. The highest BCUT2D eigenvalue weighted by Gasteiger charge is 2.11. The third-order valence-electron chi connectivity index (χ3n) is 1.83. The van der Waals surface area contributed by atoms with E-state index in [2.05, 4.69) is 6.92 Å². The predicted octanol–water partition coefficient (Wildman–Crippen LogP) is 1.92. The molecule has 0 spiro atoms. The van der Waals surface area contributed by atoms with Crippen molar-refractivity contribution in [2.24, 2.45) is 0 Å². The highest BCUT2D eigenvalue weighted by Crippen LogP contribution is 2.12. The van der Waals surface area contributed by atoms with Crippen LogP contribution in [0.4, 0.5) is 0 Å². The molecule has 64 valence electrons. The lowest BCUT2D eigenvalue weighted by Gasteiger charge is -2.04. The van der Waals surface area contributed by atoms with Crippen molar-refractivity contribution in [3.63, 3.8) is 0 Å². The monoisotopic (exact) mass is 165 g/mol. The Hall–Kier alpha value is -1.18. The Morgan fingerprint density at radius 2 is 2.08 bits per heavy atom. The molecule has 0 amide bonds. The maximum atomic E-state index is 11.1. The number of ketones is 2. The van der Waals surface area contributed by atoms with Crippen LogP contribution in [-0.2, 0) is 9.59 Å². The standard InChI is InChI=1S/C10H12O2/c1-2-3-4-8-7-9(11)5-6-10(8)12/h5-7H,2-4H2,1H3/p+1. The van der Waals surface area contributed by atoms with Gasteiger partial charge < -0.3 is 0 Å². The first kappa shape index (κ1) is 8.91. The molecule has 0 saturated carbocycles. The second-order valence-electron chi connectivity index (χ2n) is 2.87. The van der Waals surface area contributed by atoms with Gasteiger partial charge in [-0.1, -0.05) is 13.3 Å². The Morgan fingerprint density at radius 1 is 1.33 bits per heavy atom. The Labute approximate surface area is 73.4 Å². The molecule has 1 aliphatic rings. The minimum atomic E-state index is -0.0688. The second-order valence-corrected chi connectivity index (χ2v) is 2.87. The van der Waals surface area contributed by atoms with Crippen molar-refractivity contribution >= 4 is 11.6 Å². The van der Waals surface area contributed by atoms with Gasteiger partial charge in [0.05, 0.1) is 0 Å². The van der Waals surface area contributed by atoms with Crippen LogP contribution in [0.2, 0.25) is 0 Å². The smallest absolute Gasteiger partial charge is 0.290 e. The zero-order valence-corrected chi connectivity index (χ0v) is 7.17. The molecule has 0 unspecified atom stereocenters. The molecule has 0 aromatic carbocycles. The van der Waals surface area contributed by atoms with Gasteiger partial charge in [-0.05, 0) is 31.1 Å². The Bertz CT molecular complexity index is 264. The molecule has 0 fully saturated rings. The first-order valence-corrected chi connectivity index (χ1v) is 4.21. The van der Waals surface area contributed by atoms with Crippen LogP contribution in [-0.4, -0.2) is 11.6 Å². The fourth-order valence-electron chi connectivity index (χ4n) is 1.12. The molecule has 0 aromatic rings. The van der Waals surface area contributed by atoms with Crippen molar-refractivity contribution in [2.45, 2.75) is 26.2 Å². The molecule has 0 N–H and O–H groups in total. The number of rotatable bonds is 3. The van der Waals surface area contributed by atoms with Gasteiger partial charge in [-0.2, -0.15) is 0 Å². The fourth-order valence-corrected chi connectivity index (χ4v) is 1.12. The summed E-state index contributed by atoms with van der Waals surface area (Å²) in [5.41, 5.74) is 0.657. The fraction of sp³-hybridized carbons (Fsp3) is 0.400. The number of carbonyl (C=O) groups excluding carboxylic acids is 2. The number of hydrogen-bond acceptors (Lipinski definition) is 2. The van der Waals surface area contributed by atoms with Gasteiger partial charge in [0, 0.05) is 5.57 Å². The summed E-state index contributed by atoms with van der Waals surface area (Å²) in [5.74, 6) is -0.0799. The molecule has 0 radical (unpaired) electrons. The van der Waals surface area contributed by atoms with Crippen molar-refractivity contribution in [2.75, 3.05) is 0 Å². The van der Waals surface area contributed by atoms with Crippen molar-refractivity contribution in [3.8, 4) is 0 Å². The van der Waals surface area contributed by atoms with Crippen molar-refractivity contribution in [1.82, 2.24) is 0 Å². The van der Waals surface area contributed by atoms with Gasteiger partial charge in [0.1, 0.15) is 0 Å². The van der Waals surface area contributed by atoms with Crippen LogP contribution in [0.25, 0.3) is 0 Å². The Kier molecular flexibility index (Phi) is 2.97. The van der Waals surface area contributed by atoms with Gasteiger partial charge in [-0.3, -0.25) is 9.59 Å². The van der Waals surface area contributed by atoms with Gasteiger partial charge >= 0.3 is 1.43 Å². The van der Waals surface area contributed by atoms with E-state index in [1.165, 1.54) is 18.2 Å². The number of carbonyl (C=O) groups is 2. The second kappa shape index (κ2) is 4.00. The van der Waals surface area contributed by atoms with Crippen molar-refractivity contribution < 1.29 is 11.0 Å². The minimum absolute atomic E-state index is 0. The van der Waals surface area contributed by atoms with E-state index < -0.39 is 0 Å². The lowest BCUT2D eigenvalue weighted by molar-refractivity contribution is -0.114. The molecule has 0 heterocycles. The van der Waals surface area contributed by atoms with Gasteiger partial charge in [-0.25, -0.2) is 0 Å². The van der Waals surface area contributed by atoms with Crippen LogP contribution < -0.4 is 0 Å². The van der Waals surface area contributed by atoms with Gasteiger partial charge in [0.2, 0.25) is 0 Å². The zero-order chi connectivity index (χ0) is 8.97. The molecule has 1 rings (SSSR count). The van der Waals surface area contributed by atoms with Crippen molar-refractivity contribution in [3.05, 3.63) is 23.8 Å². The summed E-state index contributed by atoms with van der Waals surface area (Å²) in [7, 11) is 0. The van der Waals surface area contributed by atoms with E-state index in [1.807, 2.05) is 0 Å². The highest BCUT2D eigenvalue weighted by molar-refractivity contribution is 6.17. The maximum Gasteiger partial charge on any atom is 1.00 e. The molecule has 0 aromatic heterocycles. The minimum Gasteiger partial charge on any atom is -0.290 e. The average Bonchev–Trinajstić information content (AvgIpc) is 2.07. The summed E-state index contributed by atoms with van der Waals surface area (Å²) in [6.07, 6.45) is 6.86. The molecule has 0 aliphatic heterocycles. The molecule has 12 heavy (non-hydrogen) atoms. The highest BCUT2D eigenvalue weighted by atomic mass is 16.1. The SMILES string of the molecule is CCCCC1=CC(=O)C=CC1=O.[H+]. The molecule has 0 atom stereocenters. The quantitative estimate of drug-likeness (QED) is 0.599. The number of unbranched alkanes of at least 4 members (excludes halogenated alkanes) is 1. The topological polar surface area (TPSA) is 34.1 Å². The Balaban J connectivity index is 0.00000144. The van der Waals surface area contributed by atoms with Gasteiger partial charge in [-0.15, -0.1) is 0 Å². The van der Waals surface area contributed by atoms with E-state index in [1.54, 1.807) is 0 Å². The molecule has 2 heteroatoms. The van der Waals surface area contributed by atoms with E-state index in [-0.39, 0.29) is 13.0 Å². The predicted molar refractivity (Wildman–Crippen MR) is 47.9 cm³/mol. The molecular formula is C10H13O2+. The van der Waals surface area contributed by atoms with Crippen LogP contribution >= 0.6 is 0 Å². The van der Waals surface area contributed by atoms with E-state index in [0.29, 0.717) is 5.57 Å². The largest absolute Gasteiger partial charge is 1.00 e. The zero-order valence-electron chi connectivity index (χ0n) is 8.17. The number of hydrogen-bond donors (Lipinski definition) is 0. The summed E-state index contributed by atoms with van der Waals surface area (Å²) >= 11 is 0. The lowest BCUT2D eigenvalue weighted by Crippen LogP contribution is -2.07. The molecule has 0 bridgehead atoms. The van der Waals surface area contributed by atoms with Crippen LogP contribution in [0.15, 0.2) is 23.8 Å². The van der Waals surface area contributed by atoms with Gasteiger partial charge in [0.15, 0.2) is 11.6 Å². The maximum absolute atomic E-state index is 11.1. The molecule has 2 nitrogen and oxygen atoms in total. The summed E-state index contributed by atoms with van der Waals surface area (Å²) in [6.45, 7) is 2.06. The number of allylic oxidation sites excluding steroid dienone is 4. The third kappa shape index (κ3) is 2.16. The first-order valence-electron chi connectivity index (χ1n) is 4.21. The molecule has 1 aliphatic carbocycles. The summed E-state index contributed by atoms with van der Waals surface area (Å²) < 4.78 is 0. The van der Waals surface area contributed by atoms with E-state index in [9.17, 15) is 9.59 Å². The van der Waals surface area contributed by atoms with Crippen LogP contribution in [0.3, 0.4) is 0 Å². The average molecular weight is 165 g/mol.